The van der Waals surface area contributed by atoms with Gasteiger partial charge in [-0.15, -0.1) is 0 Å². The van der Waals surface area contributed by atoms with Crippen LogP contribution in [0.5, 0.6) is 0 Å². The van der Waals surface area contributed by atoms with Crippen molar-refractivity contribution in [2.75, 3.05) is 0 Å². The minimum Gasteiger partial charge on any atom is -0.465 e. The molecule has 19 heavy (non-hydrogen) atoms. The maximum absolute atomic E-state index is 12.0. The van der Waals surface area contributed by atoms with Gasteiger partial charge in [0, 0.05) is 11.0 Å². The second-order valence-corrected chi connectivity index (χ2v) is 5.58. The first kappa shape index (κ1) is 12.3. The van der Waals surface area contributed by atoms with Crippen LogP contribution in [0.2, 0.25) is 0 Å². The van der Waals surface area contributed by atoms with Gasteiger partial charge in [-0.05, 0) is 34.5 Å². The van der Waals surface area contributed by atoms with Crippen LogP contribution in [0.15, 0.2) is 21.4 Å². The summed E-state index contributed by atoms with van der Waals surface area (Å²) in [5.74, 6) is 0. The number of benzene rings is 1. The smallest absolute Gasteiger partial charge is 0.407 e. The molecule has 0 fully saturated rings. The minimum absolute atomic E-state index is 0.206. The highest BCUT2D eigenvalue weighted by molar-refractivity contribution is 9.10. The number of carboxylic acid groups (broad SMARTS) is 1. The zero-order valence-electron chi connectivity index (χ0n) is 10.2. The maximum Gasteiger partial charge on any atom is 0.407 e. The summed E-state index contributed by atoms with van der Waals surface area (Å²) in [7, 11) is 0. The number of nitrogens with zero attached hydrogens (tertiary/aromatic N) is 2. The molecule has 7 heteroatoms. The molecule has 1 aliphatic heterocycles. The van der Waals surface area contributed by atoms with Crippen LogP contribution in [0.1, 0.15) is 12.5 Å². The van der Waals surface area contributed by atoms with Crippen LogP contribution in [0, 0.1) is 0 Å². The Kier molecular flexibility index (Phi) is 2.67. The quantitative estimate of drug-likeness (QED) is 0.777. The van der Waals surface area contributed by atoms with E-state index in [9.17, 15) is 14.7 Å². The number of hydrogen-bond acceptors (Lipinski definition) is 2. The standard InChI is InChI=1S/C12H12BrN3O3/c1-6-4-16-10-7(5-15(6)12(18)19)2-3-8(13)9(10)14-11(16)17/h2-3,6H,4-5H2,1H3,(H,14,17)(H,18,19)/t6-/m0/s1. The Morgan fingerprint density at radius 3 is 2.95 bits per heavy atom. The SMILES string of the molecule is C[C@H]1Cn2c(=O)[nH]c3c(Br)ccc(c32)CN1C(=O)O. The van der Waals surface area contributed by atoms with Gasteiger partial charge in [-0.1, -0.05) is 6.07 Å². The number of aromatic nitrogens is 2. The van der Waals surface area contributed by atoms with Gasteiger partial charge >= 0.3 is 11.8 Å². The highest BCUT2D eigenvalue weighted by Gasteiger charge is 2.27. The Morgan fingerprint density at radius 2 is 2.26 bits per heavy atom. The van der Waals surface area contributed by atoms with E-state index in [1.54, 1.807) is 11.5 Å². The fourth-order valence-electron chi connectivity index (χ4n) is 2.57. The van der Waals surface area contributed by atoms with Crippen molar-refractivity contribution in [1.29, 1.82) is 0 Å². The van der Waals surface area contributed by atoms with Crippen molar-refractivity contribution in [3.8, 4) is 0 Å². The van der Waals surface area contributed by atoms with Crippen molar-refractivity contribution >= 4 is 33.1 Å². The lowest BCUT2D eigenvalue weighted by Crippen LogP contribution is -2.39. The molecule has 2 N–H and O–H groups in total. The number of aromatic amines is 1. The molecule has 100 valence electrons. The van der Waals surface area contributed by atoms with E-state index in [0.29, 0.717) is 6.54 Å². The molecule has 1 aliphatic rings. The third kappa shape index (κ3) is 1.76. The Hall–Kier alpha value is -1.76. The lowest BCUT2D eigenvalue weighted by Gasteiger charge is -2.23. The molecule has 6 nitrogen and oxygen atoms in total. The molecule has 1 aromatic carbocycles. The molecule has 0 aliphatic carbocycles. The number of carbonyl (C=O) groups is 1. The van der Waals surface area contributed by atoms with Crippen molar-refractivity contribution in [1.82, 2.24) is 14.5 Å². The van der Waals surface area contributed by atoms with Gasteiger partial charge in [0.25, 0.3) is 0 Å². The lowest BCUT2D eigenvalue weighted by molar-refractivity contribution is 0.121. The predicted molar refractivity (Wildman–Crippen MR) is 73.3 cm³/mol. The van der Waals surface area contributed by atoms with Crippen LogP contribution in [0.25, 0.3) is 11.0 Å². The molecule has 2 aromatic rings. The fourth-order valence-corrected chi connectivity index (χ4v) is 2.99. The summed E-state index contributed by atoms with van der Waals surface area (Å²) in [4.78, 5) is 27.5. The first-order chi connectivity index (χ1) is 8.99. The largest absolute Gasteiger partial charge is 0.465 e. The van der Waals surface area contributed by atoms with Crippen molar-refractivity contribution < 1.29 is 9.90 Å². The molecule has 0 saturated carbocycles. The summed E-state index contributed by atoms with van der Waals surface area (Å²) < 4.78 is 2.42. The van der Waals surface area contributed by atoms with Crippen LogP contribution >= 0.6 is 15.9 Å². The van der Waals surface area contributed by atoms with Gasteiger partial charge in [-0.3, -0.25) is 9.47 Å². The average molecular weight is 326 g/mol. The second-order valence-electron chi connectivity index (χ2n) is 4.73. The van der Waals surface area contributed by atoms with E-state index in [2.05, 4.69) is 20.9 Å². The normalized spacial score (nSPS) is 18.6. The summed E-state index contributed by atoms with van der Waals surface area (Å²) in [6.45, 7) is 2.45. The Morgan fingerprint density at radius 1 is 1.53 bits per heavy atom. The molecule has 1 atom stereocenters. The number of amides is 1. The van der Waals surface area contributed by atoms with Crippen molar-refractivity contribution in [3.63, 3.8) is 0 Å². The second kappa shape index (κ2) is 4.12. The van der Waals surface area contributed by atoms with Crippen LogP contribution in [0.3, 0.4) is 0 Å². The molecule has 0 spiro atoms. The predicted octanol–water partition coefficient (Wildman–Crippen LogP) is 1.97. The van der Waals surface area contributed by atoms with E-state index in [1.807, 2.05) is 12.1 Å². The Bertz CT molecular complexity index is 734. The molecule has 1 aromatic heterocycles. The summed E-state index contributed by atoms with van der Waals surface area (Å²) >= 11 is 3.40. The summed E-state index contributed by atoms with van der Waals surface area (Å²) in [5, 5.41) is 9.25. The number of nitrogens with one attached hydrogen (secondary N) is 1. The molecular formula is C12H12BrN3O3. The zero-order chi connectivity index (χ0) is 13.7. The number of H-pyrrole nitrogens is 1. The van der Waals surface area contributed by atoms with Crippen LogP contribution < -0.4 is 5.69 Å². The highest BCUT2D eigenvalue weighted by Crippen LogP contribution is 2.28. The first-order valence-corrected chi connectivity index (χ1v) is 6.68. The van der Waals surface area contributed by atoms with E-state index >= 15 is 0 Å². The number of halogens is 1. The van der Waals surface area contributed by atoms with E-state index < -0.39 is 6.09 Å². The van der Waals surface area contributed by atoms with Gasteiger partial charge in [-0.2, -0.15) is 0 Å². The highest BCUT2D eigenvalue weighted by atomic mass is 79.9. The number of imidazole rings is 1. The molecular weight excluding hydrogens is 314 g/mol. The number of hydrogen-bond donors (Lipinski definition) is 2. The van der Waals surface area contributed by atoms with Crippen molar-refractivity contribution in [2.45, 2.75) is 26.1 Å². The number of rotatable bonds is 0. The third-order valence-electron chi connectivity index (χ3n) is 3.52. The summed E-state index contributed by atoms with van der Waals surface area (Å²) in [5.41, 5.74) is 2.14. The van der Waals surface area contributed by atoms with Gasteiger partial charge in [0.2, 0.25) is 0 Å². The monoisotopic (exact) mass is 325 g/mol. The van der Waals surface area contributed by atoms with Crippen molar-refractivity contribution in [2.24, 2.45) is 0 Å². The summed E-state index contributed by atoms with van der Waals surface area (Å²) in [6, 6.07) is 3.43. The molecule has 0 saturated heterocycles. The van der Waals surface area contributed by atoms with E-state index in [4.69, 9.17) is 0 Å². The van der Waals surface area contributed by atoms with Gasteiger partial charge in [0.15, 0.2) is 0 Å². The Balaban J connectivity index is 2.30. The third-order valence-corrected chi connectivity index (χ3v) is 4.18. The van der Waals surface area contributed by atoms with Crippen molar-refractivity contribution in [3.05, 3.63) is 32.7 Å². The topological polar surface area (TPSA) is 78.3 Å². The van der Waals surface area contributed by atoms with E-state index in [-0.39, 0.29) is 18.3 Å². The molecule has 0 unspecified atom stereocenters. The molecule has 2 heterocycles. The molecule has 0 bridgehead atoms. The van der Waals surface area contributed by atoms with Crippen LogP contribution in [-0.4, -0.2) is 31.7 Å². The Labute approximate surface area is 116 Å². The minimum atomic E-state index is -0.967. The maximum atomic E-state index is 12.0. The summed E-state index contributed by atoms with van der Waals surface area (Å²) in [6.07, 6.45) is -0.967. The molecule has 1 amide bonds. The fraction of sp³-hybridized carbons (Fsp3) is 0.333. The first-order valence-electron chi connectivity index (χ1n) is 5.88. The van der Waals surface area contributed by atoms with Gasteiger partial charge in [0.1, 0.15) is 0 Å². The van der Waals surface area contributed by atoms with Gasteiger partial charge in [0.05, 0.1) is 23.6 Å². The average Bonchev–Trinajstić information content (AvgIpc) is 2.58. The van der Waals surface area contributed by atoms with Gasteiger partial charge < -0.3 is 10.1 Å². The van der Waals surface area contributed by atoms with E-state index in [1.165, 1.54) is 4.90 Å². The molecule has 0 radical (unpaired) electrons. The van der Waals surface area contributed by atoms with Crippen LogP contribution in [-0.2, 0) is 13.1 Å². The van der Waals surface area contributed by atoms with Crippen LogP contribution in [0.4, 0.5) is 4.79 Å². The van der Waals surface area contributed by atoms with E-state index in [0.717, 1.165) is 21.1 Å². The van der Waals surface area contributed by atoms with Gasteiger partial charge in [-0.25, -0.2) is 9.59 Å². The molecule has 3 rings (SSSR count). The lowest BCUT2D eigenvalue weighted by atomic mass is 10.1. The zero-order valence-corrected chi connectivity index (χ0v) is 11.8.